The maximum absolute atomic E-state index is 12.5. The number of aliphatic hydroxyl groups excluding tert-OH is 3. The number of carbonyl (C=O) groups is 3. The van der Waals surface area contributed by atoms with Crippen LogP contribution in [0, 0.1) is 11.8 Å². The highest BCUT2D eigenvalue weighted by Crippen LogP contribution is 2.38. The number of aryl methyl sites for hydroxylation is 1. The van der Waals surface area contributed by atoms with E-state index in [1.54, 1.807) is 36.4 Å². The van der Waals surface area contributed by atoms with Crippen molar-refractivity contribution in [2.24, 2.45) is 11.8 Å². The lowest BCUT2D eigenvalue weighted by Gasteiger charge is -2.23. The van der Waals surface area contributed by atoms with Crippen LogP contribution in [0.2, 0.25) is 0 Å². The van der Waals surface area contributed by atoms with Crippen LogP contribution in [0.3, 0.4) is 0 Å². The number of rotatable bonds is 23. The summed E-state index contributed by atoms with van der Waals surface area (Å²) in [5.74, 6) is -1.38. The van der Waals surface area contributed by atoms with Crippen molar-refractivity contribution in [3.63, 3.8) is 0 Å². The minimum Gasteiger partial charge on any atom is -0.493 e. The fraction of sp³-hybridized carbons (Fsp3) is 0.419. The maximum Gasteiger partial charge on any atom is 0.331 e. The summed E-state index contributed by atoms with van der Waals surface area (Å²) in [4.78, 5) is 41.7. The first kappa shape index (κ1) is 44.8. The number of allylic oxidation sites excluding steroid dienone is 2. The molecule has 1 saturated carbocycles. The Morgan fingerprint density at radius 3 is 2.32 bits per heavy atom. The Labute approximate surface area is 332 Å². The third-order valence-electron chi connectivity index (χ3n) is 9.82. The average molecular weight is 791 g/mol. The van der Waals surface area contributed by atoms with Gasteiger partial charge in [0.1, 0.15) is 13.2 Å². The van der Waals surface area contributed by atoms with Crippen LogP contribution in [-0.2, 0) is 43.6 Å². The number of hydrogen-bond donors (Lipinski definition) is 6. The van der Waals surface area contributed by atoms with E-state index < -0.39 is 30.3 Å². The second kappa shape index (κ2) is 24.0. The summed E-state index contributed by atoms with van der Waals surface area (Å²) in [6.45, 7) is -0.370. The van der Waals surface area contributed by atoms with E-state index in [0.29, 0.717) is 56.1 Å². The van der Waals surface area contributed by atoms with Crippen molar-refractivity contribution in [3.05, 3.63) is 113 Å². The Morgan fingerprint density at radius 2 is 1.60 bits per heavy atom. The zero-order valence-electron chi connectivity index (χ0n) is 32.2. The molecule has 5 atom stereocenters. The minimum atomic E-state index is -0.687. The van der Waals surface area contributed by atoms with E-state index in [1.165, 1.54) is 30.9 Å². The van der Waals surface area contributed by atoms with Crippen molar-refractivity contribution >= 4 is 23.9 Å². The number of carbonyl (C=O) groups excluding carboxylic acids is 3. The zero-order valence-corrected chi connectivity index (χ0v) is 32.2. The molecule has 1 fully saturated rings. The number of hydrogen-bond acceptors (Lipinski definition) is 13. The lowest BCUT2D eigenvalue weighted by Crippen LogP contribution is -2.31. The molecule has 1 aliphatic rings. The molecular formula is C43H54N2O12. The second-order valence-electron chi connectivity index (χ2n) is 14.0. The molecule has 3 aromatic carbocycles. The molecule has 0 saturated heterocycles. The molecule has 3 aromatic rings. The lowest BCUT2D eigenvalue weighted by molar-refractivity contribution is -0.497. The van der Waals surface area contributed by atoms with Crippen molar-refractivity contribution in [3.8, 4) is 11.5 Å². The van der Waals surface area contributed by atoms with Gasteiger partial charge in [0.2, 0.25) is 5.91 Å². The topological polar surface area (TPSA) is 205 Å². The van der Waals surface area contributed by atoms with Gasteiger partial charge in [-0.05, 0) is 104 Å². The highest BCUT2D eigenvalue weighted by atomic mass is 17.1. The Kier molecular flexibility index (Phi) is 18.8. The fourth-order valence-electron chi connectivity index (χ4n) is 6.69. The number of ether oxygens (including phenoxy) is 3. The summed E-state index contributed by atoms with van der Waals surface area (Å²) >= 11 is 0. The molecule has 0 spiro atoms. The Balaban J connectivity index is 1.10. The summed E-state index contributed by atoms with van der Waals surface area (Å²) in [6.07, 6.45) is 10.0. The average Bonchev–Trinajstić information content (AvgIpc) is 3.48. The summed E-state index contributed by atoms with van der Waals surface area (Å²) in [7, 11) is 1.41. The number of unbranched alkanes of at least 4 members (excludes halogenated alkanes) is 1. The van der Waals surface area contributed by atoms with Gasteiger partial charge in [0.25, 0.3) is 0 Å². The van der Waals surface area contributed by atoms with Gasteiger partial charge in [0.05, 0.1) is 37.4 Å². The van der Waals surface area contributed by atoms with Gasteiger partial charge in [0, 0.05) is 12.5 Å². The summed E-state index contributed by atoms with van der Waals surface area (Å²) in [5.41, 5.74) is 3.16. The molecule has 14 nitrogen and oxygen atoms in total. The molecule has 0 bridgehead atoms. The van der Waals surface area contributed by atoms with E-state index >= 15 is 0 Å². The Hall–Kier alpha value is -4.93. The molecule has 4 rings (SSSR count). The second-order valence-corrected chi connectivity index (χ2v) is 14.0. The number of aliphatic hydroxyl groups is 3. The highest BCUT2D eigenvalue weighted by Gasteiger charge is 2.40. The summed E-state index contributed by atoms with van der Waals surface area (Å²) in [5, 5.41) is 51.2. The molecule has 14 heteroatoms. The molecule has 1 aliphatic carbocycles. The SMILES string of the molecule is COc1cc(/C=C/C(=O)OCc2ccc(CON(O)O)cc2)ccc1OC(=O)CNC(=O)CCC/C=C\C[C@@H]1[C@@H](CC[C@@H](O)CCc2ccccc2)[C@H](O)C[C@@H]1O. The Bertz CT molecular complexity index is 1750. The van der Waals surface area contributed by atoms with Gasteiger partial charge in [-0.2, -0.15) is 0 Å². The lowest BCUT2D eigenvalue weighted by atomic mass is 9.85. The van der Waals surface area contributed by atoms with Gasteiger partial charge in [-0.15, -0.1) is 0 Å². The third kappa shape index (κ3) is 16.2. The highest BCUT2D eigenvalue weighted by molar-refractivity contribution is 5.87. The molecule has 1 amide bonds. The maximum atomic E-state index is 12.5. The monoisotopic (exact) mass is 790 g/mol. The summed E-state index contributed by atoms with van der Waals surface area (Å²) < 4.78 is 16.0. The van der Waals surface area contributed by atoms with Gasteiger partial charge in [0.15, 0.2) is 11.5 Å². The predicted octanol–water partition coefficient (Wildman–Crippen LogP) is 5.23. The van der Waals surface area contributed by atoms with Gasteiger partial charge in [-0.3, -0.25) is 15.2 Å². The zero-order chi connectivity index (χ0) is 41.0. The normalized spacial score (nSPS) is 18.6. The molecule has 0 radical (unpaired) electrons. The fourth-order valence-corrected chi connectivity index (χ4v) is 6.69. The van der Waals surface area contributed by atoms with Crippen molar-refractivity contribution in [2.75, 3.05) is 13.7 Å². The van der Waals surface area contributed by atoms with Gasteiger partial charge >= 0.3 is 11.9 Å². The van der Waals surface area contributed by atoms with E-state index in [4.69, 9.17) is 24.6 Å². The van der Waals surface area contributed by atoms with Crippen LogP contribution < -0.4 is 14.8 Å². The molecule has 57 heavy (non-hydrogen) atoms. The van der Waals surface area contributed by atoms with Crippen LogP contribution in [0.4, 0.5) is 0 Å². The third-order valence-corrected chi connectivity index (χ3v) is 9.82. The number of benzene rings is 3. The standard InChI is InChI=1S/C43H54N2O12/c1-54-40-25-31(19-24-42(50)55-28-32-13-15-33(16-14-32)29-56-45(52)53)18-23-39(40)57-43(51)27-44-41(49)12-8-3-2-7-11-35-36(38(48)26-37(35)47)22-21-34(46)20-17-30-9-5-4-6-10-30/h2,4-7,9-10,13-16,18-19,23-25,34-38,46-48,52-53H,3,8,11-12,17,20-22,26-29H2,1H3,(H,44,49)/b7-2-,24-19+/t34-,35+,36+,37-,38+/m0/s1. The number of methoxy groups -OCH3 is 1. The predicted molar refractivity (Wildman–Crippen MR) is 208 cm³/mol. The first-order valence-corrected chi connectivity index (χ1v) is 19.1. The van der Waals surface area contributed by atoms with Crippen LogP contribution in [0.15, 0.2) is 91.0 Å². The van der Waals surface area contributed by atoms with Crippen molar-refractivity contribution in [1.29, 1.82) is 0 Å². The van der Waals surface area contributed by atoms with Gasteiger partial charge in [-0.1, -0.05) is 72.8 Å². The number of esters is 2. The van der Waals surface area contributed by atoms with E-state index in [9.17, 15) is 29.7 Å². The first-order chi connectivity index (χ1) is 27.5. The van der Waals surface area contributed by atoms with Crippen molar-refractivity contribution in [1.82, 2.24) is 10.7 Å². The van der Waals surface area contributed by atoms with Crippen LogP contribution in [0.5, 0.6) is 11.5 Å². The van der Waals surface area contributed by atoms with Crippen LogP contribution in [-0.4, -0.2) is 80.9 Å². The van der Waals surface area contributed by atoms with Crippen molar-refractivity contribution in [2.45, 2.75) is 89.3 Å². The number of nitrogens with one attached hydrogen (secondary N) is 1. The largest absolute Gasteiger partial charge is 0.493 e. The molecule has 0 aromatic heterocycles. The smallest absolute Gasteiger partial charge is 0.331 e. The van der Waals surface area contributed by atoms with Crippen LogP contribution in [0.25, 0.3) is 6.08 Å². The van der Waals surface area contributed by atoms with Gasteiger partial charge in [-0.25, -0.2) is 14.4 Å². The van der Waals surface area contributed by atoms with Crippen LogP contribution >= 0.6 is 0 Å². The van der Waals surface area contributed by atoms with Crippen molar-refractivity contribution < 1.29 is 59.2 Å². The quantitative estimate of drug-likeness (QED) is 0.0182. The van der Waals surface area contributed by atoms with Crippen LogP contribution in [0.1, 0.15) is 73.6 Å². The molecule has 6 N–H and O–H groups in total. The van der Waals surface area contributed by atoms with E-state index in [1.807, 2.05) is 42.5 Å². The molecule has 0 unspecified atom stereocenters. The number of nitrogens with zero attached hydrogens (tertiary/aromatic N) is 1. The van der Waals surface area contributed by atoms with E-state index in [2.05, 4.69) is 10.2 Å². The molecule has 308 valence electrons. The summed E-state index contributed by atoms with van der Waals surface area (Å²) in [6, 6.07) is 21.5. The van der Waals surface area contributed by atoms with E-state index in [-0.39, 0.29) is 60.8 Å². The van der Waals surface area contributed by atoms with E-state index in [0.717, 1.165) is 12.0 Å². The molecular weight excluding hydrogens is 736 g/mol. The minimum absolute atomic E-state index is 0.0195. The number of amides is 1. The first-order valence-electron chi connectivity index (χ1n) is 19.1. The molecule has 0 aliphatic heterocycles. The van der Waals surface area contributed by atoms with Gasteiger partial charge < -0.3 is 34.8 Å². The molecule has 0 heterocycles. The Morgan fingerprint density at radius 1 is 0.877 bits per heavy atom.